The van der Waals surface area contributed by atoms with Crippen LogP contribution in [0.5, 0.6) is 0 Å². The number of rotatable bonds is 7. The highest BCUT2D eigenvalue weighted by molar-refractivity contribution is 6.30. The molecule has 3 fully saturated rings. The maximum absolute atomic E-state index is 14.4. The lowest BCUT2D eigenvalue weighted by Gasteiger charge is -2.37. The Morgan fingerprint density at radius 2 is 1.55 bits per heavy atom. The van der Waals surface area contributed by atoms with Crippen molar-refractivity contribution in [2.24, 2.45) is 11.8 Å². The molecule has 8 nitrogen and oxygen atoms in total. The number of aliphatic hydroxyl groups excluding tert-OH is 1. The lowest BCUT2D eigenvalue weighted by atomic mass is 9.66. The van der Waals surface area contributed by atoms with Gasteiger partial charge >= 0.3 is 0 Å². The molecule has 3 aromatic carbocycles. The zero-order valence-corrected chi connectivity index (χ0v) is 22.7. The number of carbonyl (C=O) groups is 3. The fourth-order valence-corrected chi connectivity index (χ4v) is 7.04. The number of anilines is 2. The van der Waals surface area contributed by atoms with Crippen molar-refractivity contribution in [3.63, 3.8) is 0 Å². The standard InChI is InChI=1S/C31H30ClN3O5/c1-30-16-17-31(40-30)25(24(30)27(37)33-21-10-6-3-7-11-21)29(39)35(23(18-36)19-8-4-2-5-9-19)26(31)28(38)34-22-14-12-20(32)13-15-22/h2-15,23-26,36H,16-18H2,1H3,(H,33,37)(H,34,38)/t23-,24-,25+,26?,30+,31?/m1/s1. The van der Waals surface area contributed by atoms with Gasteiger partial charge in [-0.05, 0) is 61.7 Å². The first-order valence-corrected chi connectivity index (χ1v) is 13.8. The predicted molar refractivity (Wildman–Crippen MR) is 150 cm³/mol. The minimum Gasteiger partial charge on any atom is -0.394 e. The number of nitrogens with one attached hydrogen (secondary N) is 2. The Balaban J connectivity index is 1.42. The number of para-hydroxylation sites is 1. The summed E-state index contributed by atoms with van der Waals surface area (Å²) in [7, 11) is 0. The van der Waals surface area contributed by atoms with Crippen LogP contribution in [0.3, 0.4) is 0 Å². The summed E-state index contributed by atoms with van der Waals surface area (Å²) in [5.74, 6) is -2.86. The van der Waals surface area contributed by atoms with Crippen molar-refractivity contribution in [2.45, 2.75) is 43.1 Å². The molecule has 2 unspecified atom stereocenters. The van der Waals surface area contributed by atoms with E-state index in [0.29, 0.717) is 34.8 Å². The maximum Gasteiger partial charge on any atom is 0.250 e. The summed E-state index contributed by atoms with van der Waals surface area (Å²) >= 11 is 6.04. The summed E-state index contributed by atoms with van der Waals surface area (Å²) in [4.78, 5) is 43.8. The van der Waals surface area contributed by atoms with Crippen molar-refractivity contribution in [2.75, 3.05) is 17.2 Å². The Hall–Kier alpha value is -3.72. The molecule has 2 bridgehead atoms. The molecule has 0 aromatic heterocycles. The first-order valence-electron chi connectivity index (χ1n) is 13.4. The molecule has 9 heteroatoms. The highest BCUT2D eigenvalue weighted by atomic mass is 35.5. The Morgan fingerprint density at radius 1 is 0.950 bits per heavy atom. The first-order chi connectivity index (χ1) is 19.3. The van der Waals surface area contributed by atoms with Crippen molar-refractivity contribution in [3.05, 3.63) is 95.5 Å². The molecule has 6 rings (SSSR count). The van der Waals surface area contributed by atoms with Gasteiger partial charge < -0.3 is 25.4 Å². The highest BCUT2D eigenvalue weighted by Crippen LogP contribution is 2.64. The van der Waals surface area contributed by atoms with E-state index in [1.807, 2.05) is 55.5 Å². The summed E-state index contributed by atoms with van der Waals surface area (Å²) in [5.41, 5.74) is -0.344. The van der Waals surface area contributed by atoms with E-state index in [9.17, 15) is 19.5 Å². The quantitative estimate of drug-likeness (QED) is 0.397. The van der Waals surface area contributed by atoms with Gasteiger partial charge in [-0.25, -0.2) is 0 Å². The molecule has 1 spiro atoms. The van der Waals surface area contributed by atoms with E-state index < -0.39 is 47.6 Å². The zero-order chi connectivity index (χ0) is 28.1. The minimum absolute atomic E-state index is 0.326. The number of carbonyl (C=O) groups excluding carboxylic acids is 3. The Kier molecular flexibility index (Phi) is 6.65. The molecule has 3 amide bonds. The number of halogens is 1. The molecule has 0 saturated carbocycles. The van der Waals surface area contributed by atoms with Gasteiger partial charge in [-0.2, -0.15) is 0 Å². The second-order valence-corrected chi connectivity index (χ2v) is 11.4. The fraction of sp³-hybridized carbons (Fsp3) is 0.323. The number of aliphatic hydroxyl groups is 1. The van der Waals surface area contributed by atoms with Gasteiger partial charge in [0.15, 0.2) is 0 Å². The van der Waals surface area contributed by atoms with Crippen LogP contribution in [0, 0.1) is 11.8 Å². The molecule has 3 aromatic rings. The van der Waals surface area contributed by atoms with Gasteiger partial charge in [0.1, 0.15) is 11.6 Å². The number of hydrogen-bond donors (Lipinski definition) is 3. The molecular weight excluding hydrogens is 530 g/mol. The lowest BCUT2D eigenvalue weighted by molar-refractivity contribution is -0.147. The van der Waals surface area contributed by atoms with Crippen LogP contribution >= 0.6 is 11.6 Å². The van der Waals surface area contributed by atoms with Crippen LogP contribution in [-0.2, 0) is 19.1 Å². The molecule has 0 aliphatic carbocycles. The van der Waals surface area contributed by atoms with E-state index >= 15 is 0 Å². The van der Waals surface area contributed by atoms with Gasteiger partial charge in [-0.3, -0.25) is 14.4 Å². The molecular formula is C31H30ClN3O5. The van der Waals surface area contributed by atoms with Gasteiger partial charge in [-0.15, -0.1) is 0 Å². The second-order valence-electron chi connectivity index (χ2n) is 10.9. The zero-order valence-electron chi connectivity index (χ0n) is 21.9. The number of hydrogen-bond acceptors (Lipinski definition) is 5. The monoisotopic (exact) mass is 559 g/mol. The molecule has 206 valence electrons. The number of amides is 3. The third-order valence-corrected chi connectivity index (χ3v) is 8.84. The summed E-state index contributed by atoms with van der Waals surface area (Å²) in [6, 6.07) is 23.0. The summed E-state index contributed by atoms with van der Waals surface area (Å²) in [6.45, 7) is 1.45. The molecule has 6 atom stereocenters. The van der Waals surface area contributed by atoms with E-state index in [-0.39, 0.29) is 11.8 Å². The number of ether oxygens (including phenoxy) is 1. The summed E-state index contributed by atoms with van der Waals surface area (Å²) < 4.78 is 6.68. The lowest BCUT2D eigenvalue weighted by Crippen LogP contribution is -2.54. The van der Waals surface area contributed by atoms with E-state index in [1.54, 1.807) is 36.4 Å². The maximum atomic E-state index is 14.4. The van der Waals surface area contributed by atoms with E-state index in [2.05, 4.69) is 10.6 Å². The molecule has 3 N–H and O–H groups in total. The van der Waals surface area contributed by atoms with Gasteiger partial charge in [0.2, 0.25) is 17.7 Å². The number of benzene rings is 3. The average Bonchev–Trinajstić information content (AvgIpc) is 3.52. The topological polar surface area (TPSA) is 108 Å². The van der Waals surface area contributed by atoms with Gasteiger partial charge in [-0.1, -0.05) is 60.1 Å². The van der Waals surface area contributed by atoms with Crippen LogP contribution in [0.1, 0.15) is 31.4 Å². The largest absolute Gasteiger partial charge is 0.394 e. The minimum atomic E-state index is -1.23. The van der Waals surface area contributed by atoms with Crippen LogP contribution in [-0.4, -0.2) is 51.6 Å². The molecule has 3 saturated heterocycles. The Bertz CT molecular complexity index is 1440. The van der Waals surface area contributed by atoms with E-state index in [1.165, 1.54) is 4.90 Å². The number of fused-ring (bicyclic) bond motifs is 1. The van der Waals surface area contributed by atoms with E-state index in [4.69, 9.17) is 16.3 Å². The van der Waals surface area contributed by atoms with Crippen molar-refractivity contribution >= 4 is 40.7 Å². The predicted octanol–water partition coefficient (Wildman–Crippen LogP) is 4.42. The average molecular weight is 560 g/mol. The van der Waals surface area contributed by atoms with Crippen molar-refractivity contribution in [3.8, 4) is 0 Å². The molecule has 3 aliphatic rings. The third-order valence-electron chi connectivity index (χ3n) is 8.59. The van der Waals surface area contributed by atoms with Crippen LogP contribution in [0.4, 0.5) is 11.4 Å². The van der Waals surface area contributed by atoms with Gasteiger partial charge in [0.25, 0.3) is 0 Å². The molecule has 3 heterocycles. The third kappa shape index (κ3) is 4.18. The van der Waals surface area contributed by atoms with Crippen LogP contribution in [0.2, 0.25) is 5.02 Å². The van der Waals surface area contributed by atoms with Crippen molar-refractivity contribution in [1.29, 1.82) is 0 Å². The van der Waals surface area contributed by atoms with Gasteiger partial charge in [0, 0.05) is 16.4 Å². The fourth-order valence-electron chi connectivity index (χ4n) is 6.91. The van der Waals surface area contributed by atoms with Crippen LogP contribution in [0.25, 0.3) is 0 Å². The SMILES string of the molecule is C[C@@]12CCC3(O1)C(C(=O)Nc1ccc(Cl)cc1)N([C@H](CO)c1ccccc1)C(=O)[C@@H]3[C@@H]2C(=O)Nc1ccccc1. The Labute approximate surface area is 237 Å². The van der Waals surface area contributed by atoms with Crippen LogP contribution in [0.15, 0.2) is 84.9 Å². The van der Waals surface area contributed by atoms with Crippen molar-refractivity contribution in [1.82, 2.24) is 4.90 Å². The highest BCUT2D eigenvalue weighted by Gasteiger charge is 2.78. The Morgan fingerprint density at radius 3 is 2.20 bits per heavy atom. The summed E-state index contributed by atoms with van der Waals surface area (Å²) in [5, 5.41) is 17.0. The van der Waals surface area contributed by atoms with Gasteiger partial charge in [0.05, 0.1) is 30.1 Å². The smallest absolute Gasteiger partial charge is 0.250 e. The normalized spacial score (nSPS) is 29.2. The summed E-state index contributed by atoms with van der Waals surface area (Å²) in [6.07, 6.45) is 0.939. The van der Waals surface area contributed by atoms with E-state index in [0.717, 1.165) is 0 Å². The molecule has 40 heavy (non-hydrogen) atoms. The second kappa shape index (κ2) is 10.0. The first kappa shape index (κ1) is 26.5. The number of nitrogens with zero attached hydrogens (tertiary/aromatic N) is 1. The van der Waals surface area contributed by atoms with Crippen LogP contribution < -0.4 is 10.6 Å². The number of likely N-dealkylation sites (tertiary alicyclic amines) is 1. The van der Waals surface area contributed by atoms with Crippen molar-refractivity contribution < 1.29 is 24.2 Å². The molecule has 0 radical (unpaired) electrons. The molecule has 3 aliphatic heterocycles.